The van der Waals surface area contributed by atoms with Crippen molar-refractivity contribution in [3.8, 4) is 16.8 Å². The first-order valence-electron chi connectivity index (χ1n) is 6.82. The van der Waals surface area contributed by atoms with Crippen LogP contribution in [0.4, 0.5) is 33.8 Å². The van der Waals surface area contributed by atoms with Crippen LogP contribution in [0.3, 0.4) is 0 Å². The maximum atomic E-state index is 13.4. The Balaban J connectivity index is 2.20. The predicted molar refractivity (Wildman–Crippen MR) is 80.5 cm³/mol. The molecule has 0 aliphatic rings. The lowest BCUT2D eigenvalue weighted by Gasteiger charge is -2.15. The molecule has 0 fully saturated rings. The third-order valence-corrected chi connectivity index (χ3v) is 3.43. The molecule has 0 aliphatic carbocycles. The summed E-state index contributed by atoms with van der Waals surface area (Å²) in [7, 11) is 0. The van der Waals surface area contributed by atoms with E-state index in [1.54, 1.807) is 0 Å². The van der Waals surface area contributed by atoms with Crippen molar-refractivity contribution in [1.82, 2.24) is 14.8 Å². The maximum absolute atomic E-state index is 13.4. The van der Waals surface area contributed by atoms with Crippen LogP contribution in [0, 0.1) is 11.6 Å². The van der Waals surface area contributed by atoms with Crippen molar-refractivity contribution in [2.24, 2.45) is 0 Å². The highest BCUT2D eigenvalue weighted by Gasteiger charge is 2.34. The van der Waals surface area contributed by atoms with Crippen LogP contribution in [-0.2, 0) is 6.18 Å². The number of nitrogens with two attached hydrogens (primary N) is 2. The fraction of sp³-hybridized carbons (Fsp3) is 0.0667. The van der Waals surface area contributed by atoms with Crippen molar-refractivity contribution in [2.45, 2.75) is 6.18 Å². The van der Waals surface area contributed by atoms with Gasteiger partial charge in [-0.2, -0.15) is 22.8 Å². The van der Waals surface area contributed by atoms with Crippen LogP contribution in [0.25, 0.3) is 16.8 Å². The van der Waals surface area contributed by atoms with E-state index < -0.39 is 23.4 Å². The van der Waals surface area contributed by atoms with E-state index in [0.29, 0.717) is 6.07 Å². The van der Waals surface area contributed by atoms with E-state index in [1.165, 1.54) is 6.07 Å². The molecule has 10 heteroatoms. The summed E-state index contributed by atoms with van der Waals surface area (Å²) in [5, 5.41) is 3.71. The summed E-state index contributed by atoms with van der Waals surface area (Å²) in [4.78, 5) is 3.62. The number of hydrogen-bond donors (Lipinski definition) is 2. The zero-order valence-corrected chi connectivity index (χ0v) is 12.4. The van der Waals surface area contributed by atoms with Gasteiger partial charge in [0.2, 0.25) is 11.9 Å². The molecule has 0 atom stereocenters. The molecule has 1 heterocycles. The van der Waals surface area contributed by atoms with Crippen molar-refractivity contribution in [3.63, 3.8) is 0 Å². The molecule has 0 saturated carbocycles. The smallest absolute Gasteiger partial charge is 0.368 e. The quantitative estimate of drug-likeness (QED) is 0.690. The first kappa shape index (κ1) is 16.7. The Labute approximate surface area is 137 Å². The fourth-order valence-corrected chi connectivity index (χ4v) is 2.34. The molecule has 0 saturated heterocycles. The van der Waals surface area contributed by atoms with Gasteiger partial charge >= 0.3 is 6.18 Å². The van der Waals surface area contributed by atoms with Crippen LogP contribution in [-0.4, -0.2) is 14.8 Å². The molecule has 5 nitrogen and oxygen atoms in total. The summed E-state index contributed by atoms with van der Waals surface area (Å²) in [5.41, 5.74) is 9.39. The van der Waals surface area contributed by atoms with E-state index in [1.807, 2.05) is 0 Å². The second-order valence-electron chi connectivity index (χ2n) is 5.10. The number of alkyl halides is 3. The van der Waals surface area contributed by atoms with Gasteiger partial charge in [-0.25, -0.2) is 8.78 Å². The van der Waals surface area contributed by atoms with Crippen molar-refractivity contribution < 1.29 is 22.0 Å². The number of rotatable bonds is 2. The number of nitrogen functional groups attached to an aromatic ring is 2. The Morgan fingerprint density at radius 2 is 1.64 bits per heavy atom. The molecule has 1 aromatic heterocycles. The second-order valence-corrected chi connectivity index (χ2v) is 5.10. The van der Waals surface area contributed by atoms with Gasteiger partial charge in [-0.1, -0.05) is 12.1 Å². The van der Waals surface area contributed by atoms with Crippen molar-refractivity contribution in [2.75, 3.05) is 11.5 Å². The van der Waals surface area contributed by atoms with Gasteiger partial charge in [-0.05, 0) is 35.4 Å². The van der Waals surface area contributed by atoms with Crippen LogP contribution < -0.4 is 11.5 Å². The van der Waals surface area contributed by atoms with Gasteiger partial charge in [0.05, 0.1) is 11.3 Å². The third-order valence-electron chi connectivity index (χ3n) is 3.43. The van der Waals surface area contributed by atoms with Crippen LogP contribution in [0.15, 0.2) is 36.4 Å². The average molecular weight is 355 g/mol. The Morgan fingerprint density at radius 1 is 0.920 bits per heavy atom. The highest BCUT2D eigenvalue weighted by atomic mass is 19.4. The highest BCUT2D eigenvalue weighted by Crippen LogP contribution is 2.38. The molecule has 0 amide bonds. The summed E-state index contributed by atoms with van der Waals surface area (Å²) < 4.78 is 67.7. The maximum Gasteiger partial charge on any atom is 0.417 e. The van der Waals surface area contributed by atoms with Gasteiger partial charge in [0, 0.05) is 0 Å². The van der Waals surface area contributed by atoms with E-state index in [4.69, 9.17) is 11.5 Å². The minimum atomic E-state index is -4.75. The molecule has 0 aliphatic heterocycles. The van der Waals surface area contributed by atoms with Crippen LogP contribution in [0.2, 0.25) is 0 Å². The third kappa shape index (κ3) is 3.10. The minimum Gasteiger partial charge on any atom is -0.368 e. The minimum absolute atomic E-state index is 0.0274. The van der Waals surface area contributed by atoms with Crippen molar-refractivity contribution in [1.29, 1.82) is 0 Å². The number of hydrogen-bond acceptors (Lipinski definition) is 4. The highest BCUT2D eigenvalue weighted by molar-refractivity contribution is 5.70. The van der Waals surface area contributed by atoms with Gasteiger partial charge in [-0.3, -0.25) is 0 Å². The molecule has 0 spiro atoms. The standard InChI is InChI=1S/C15H10F5N5/c16-11-4-1-7(5-12(11)17)9-3-2-8(6-10(9)15(18,19)20)25-14(22)23-13(21)24-25/h1-6H,(H4,21,22,23,24). The molecule has 3 aromatic rings. The molecule has 0 unspecified atom stereocenters. The summed E-state index contributed by atoms with van der Waals surface area (Å²) in [6.45, 7) is 0. The van der Waals surface area contributed by atoms with Gasteiger partial charge in [-0.15, -0.1) is 5.10 Å². The SMILES string of the molecule is Nc1nc(N)n(-c2ccc(-c3ccc(F)c(F)c3)c(C(F)(F)F)c2)n1. The second kappa shape index (κ2) is 5.72. The van der Waals surface area contributed by atoms with E-state index in [9.17, 15) is 22.0 Å². The summed E-state index contributed by atoms with van der Waals surface area (Å²) in [5.74, 6) is -2.79. The average Bonchev–Trinajstić information content (AvgIpc) is 2.87. The monoisotopic (exact) mass is 355 g/mol. The number of nitrogens with zero attached hydrogens (tertiary/aromatic N) is 3. The summed E-state index contributed by atoms with van der Waals surface area (Å²) >= 11 is 0. The molecule has 130 valence electrons. The number of aromatic nitrogens is 3. The first-order chi connectivity index (χ1) is 11.7. The lowest BCUT2D eigenvalue weighted by atomic mass is 9.98. The molecule has 25 heavy (non-hydrogen) atoms. The molecule has 0 radical (unpaired) electrons. The Bertz CT molecular complexity index is 948. The van der Waals surface area contributed by atoms with Gasteiger partial charge in [0.15, 0.2) is 11.6 Å². The van der Waals surface area contributed by atoms with Gasteiger partial charge in [0.1, 0.15) is 0 Å². The Hall–Kier alpha value is -3.17. The van der Waals surface area contributed by atoms with E-state index in [0.717, 1.165) is 28.9 Å². The normalized spacial score (nSPS) is 11.7. The van der Waals surface area contributed by atoms with Crippen LogP contribution in [0.1, 0.15) is 5.56 Å². The lowest BCUT2D eigenvalue weighted by molar-refractivity contribution is -0.137. The number of anilines is 2. The summed E-state index contributed by atoms with van der Waals surface area (Å²) in [6.07, 6.45) is -4.75. The Kier molecular flexibility index (Phi) is 3.82. The van der Waals surface area contributed by atoms with E-state index in [-0.39, 0.29) is 28.7 Å². The zero-order valence-electron chi connectivity index (χ0n) is 12.4. The Morgan fingerprint density at radius 3 is 2.20 bits per heavy atom. The molecule has 0 bridgehead atoms. The van der Waals surface area contributed by atoms with E-state index >= 15 is 0 Å². The lowest BCUT2D eigenvalue weighted by Crippen LogP contribution is -2.10. The largest absolute Gasteiger partial charge is 0.417 e. The zero-order chi connectivity index (χ0) is 18.4. The van der Waals surface area contributed by atoms with Crippen LogP contribution >= 0.6 is 0 Å². The fourth-order valence-electron chi connectivity index (χ4n) is 2.34. The predicted octanol–water partition coefficient (Wildman–Crippen LogP) is 3.40. The molecular formula is C15H10F5N5. The number of halogens is 5. The molecular weight excluding hydrogens is 345 g/mol. The summed E-state index contributed by atoms with van der Waals surface area (Å²) in [6, 6.07) is 5.69. The number of benzene rings is 2. The van der Waals surface area contributed by atoms with E-state index in [2.05, 4.69) is 10.1 Å². The van der Waals surface area contributed by atoms with Gasteiger partial charge < -0.3 is 11.5 Å². The molecule has 4 N–H and O–H groups in total. The first-order valence-corrected chi connectivity index (χ1v) is 6.82. The molecule has 2 aromatic carbocycles. The topological polar surface area (TPSA) is 82.7 Å². The molecule has 3 rings (SSSR count). The van der Waals surface area contributed by atoms with Crippen molar-refractivity contribution >= 4 is 11.9 Å². The van der Waals surface area contributed by atoms with Crippen molar-refractivity contribution in [3.05, 3.63) is 53.6 Å². The van der Waals surface area contributed by atoms with Crippen LogP contribution in [0.5, 0.6) is 0 Å². The van der Waals surface area contributed by atoms with Gasteiger partial charge in [0.25, 0.3) is 0 Å².